The molecule has 49 heavy (non-hydrogen) atoms. The van der Waals surface area contributed by atoms with Crippen LogP contribution in [-0.2, 0) is 16.2 Å². The van der Waals surface area contributed by atoms with Crippen LogP contribution in [0.15, 0.2) is 65.9 Å². The van der Waals surface area contributed by atoms with E-state index in [1.54, 1.807) is 0 Å². The Morgan fingerprint density at radius 2 is 1.88 bits per heavy atom. The fourth-order valence-electron chi connectivity index (χ4n) is 7.80. The molecule has 2 N–H and O–H groups in total. The third kappa shape index (κ3) is 8.73. The fraction of sp³-hybridized carbons (Fsp3) is 0.600. The van der Waals surface area contributed by atoms with Gasteiger partial charge in [-0.2, -0.15) is 11.8 Å². The maximum Gasteiger partial charge on any atom is 0.230 e. The Hall–Kier alpha value is -2.85. The number of unbranched alkanes of at least 4 members (excludes halogenated alkanes) is 2. The largest absolute Gasteiger partial charge is 0.487 e. The zero-order valence-corrected chi connectivity index (χ0v) is 30.8. The normalized spacial score (nSPS) is 26.7. The second-order valence-corrected chi connectivity index (χ2v) is 15.9. The molecule has 1 aliphatic heterocycles. The summed E-state index contributed by atoms with van der Waals surface area (Å²) in [5.41, 5.74) is 4.61. The van der Waals surface area contributed by atoms with Gasteiger partial charge in [0.2, 0.25) is 5.79 Å². The molecular formula is C40H56N2O6S. The second-order valence-electron chi connectivity index (χ2n) is 14.5. The van der Waals surface area contributed by atoms with Crippen LogP contribution in [0.25, 0.3) is 0 Å². The van der Waals surface area contributed by atoms with Crippen molar-refractivity contribution in [2.75, 3.05) is 25.6 Å². The molecule has 8 nitrogen and oxygen atoms in total. The molecule has 1 aromatic heterocycles. The molecule has 2 heterocycles. The first-order valence-electron chi connectivity index (χ1n) is 18.1. The number of oxime groups is 1. The van der Waals surface area contributed by atoms with Gasteiger partial charge in [-0.25, -0.2) is 0 Å². The van der Waals surface area contributed by atoms with Crippen LogP contribution in [-0.4, -0.2) is 63.1 Å². The van der Waals surface area contributed by atoms with Crippen LogP contribution in [0, 0.1) is 24.7 Å². The first-order chi connectivity index (χ1) is 23.6. The molecule has 6 unspecified atom stereocenters. The van der Waals surface area contributed by atoms with Gasteiger partial charge in [0.25, 0.3) is 0 Å². The van der Waals surface area contributed by atoms with Crippen LogP contribution in [0.5, 0.6) is 11.5 Å². The van der Waals surface area contributed by atoms with Crippen LogP contribution in [0.1, 0.15) is 95.5 Å². The molecule has 1 fully saturated rings. The topological polar surface area (TPSA) is 103 Å². The number of rotatable bonds is 17. The minimum atomic E-state index is -0.946. The van der Waals surface area contributed by atoms with Gasteiger partial charge in [0.1, 0.15) is 23.7 Å². The van der Waals surface area contributed by atoms with Crippen LogP contribution in [0.4, 0.5) is 0 Å². The summed E-state index contributed by atoms with van der Waals surface area (Å²) < 4.78 is 20.5. The van der Waals surface area contributed by atoms with E-state index in [9.17, 15) is 10.2 Å². The first kappa shape index (κ1) is 37.4. The summed E-state index contributed by atoms with van der Waals surface area (Å²) in [5.74, 6) is 1.91. The number of aryl methyl sites for hydroxylation is 1. The Kier molecular flexibility index (Phi) is 12.9. The van der Waals surface area contributed by atoms with E-state index in [2.05, 4.69) is 30.6 Å². The lowest BCUT2D eigenvalue weighted by Gasteiger charge is -2.58. The van der Waals surface area contributed by atoms with Crippen molar-refractivity contribution in [1.29, 1.82) is 0 Å². The van der Waals surface area contributed by atoms with E-state index in [0.717, 1.165) is 84.0 Å². The number of benzene rings is 1. The van der Waals surface area contributed by atoms with Crippen molar-refractivity contribution >= 4 is 17.5 Å². The van der Waals surface area contributed by atoms with Crippen molar-refractivity contribution in [3.05, 3.63) is 77.7 Å². The van der Waals surface area contributed by atoms with Gasteiger partial charge in [-0.3, -0.25) is 4.98 Å². The zero-order chi connectivity index (χ0) is 35.0. The van der Waals surface area contributed by atoms with Gasteiger partial charge in [0.15, 0.2) is 0 Å². The molecule has 2 aliphatic carbocycles. The maximum absolute atomic E-state index is 9.81. The Balaban J connectivity index is 1.68. The van der Waals surface area contributed by atoms with E-state index in [4.69, 9.17) is 24.2 Å². The number of thioether (sulfide) groups is 1. The third-order valence-corrected chi connectivity index (χ3v) is 11.0. The lowest BCUT2D eigenvalue weighted by Crippen LogP contribution is -2.64. The highest BCUT2D eigenvalue weighted by Gasteiger charge is 2.63. The number of aromatic nitrogens is 1. The smallest absolute Gasteiger partial charge is 0.230 e. The number of allylic oxidation sites excluding steroid dienone is 1. The van der Waals surface area contributed by atoms with E-state index in [-0.39, 0.29) is 42.1 Å². The number of ether oxygens (including phenoxy) is 3. The van der Waals surface area contributed by atoms with E-state index in [0.29, 0.717) is 19.6 Å². The highest BCUT2D eigenvalue weighted by atomic mass is 32.2. The van der Waals surface area contributed by atoms with E-state index >= 15 is 0 Å². The summed E-state index contributed by atoms with van der Waals surface area (Å²) in [6.45, 7) is 15.3. The summed E-state index contributed by atoms with van der Waals surface area (Å²) in [4.78, 5) is 10.8. The zero-order valence-electron chi connectivity index (χ0n) is 30.0. The highest BCUT2D eigenvalue weighted by molar-refractivity contribution is 8.00. The number of aliphatic hydroxyl groups excluding tert-OH is 2. The number of fused-ring (bicyclic) bond motifs is 2. The molecule has 0 spiro atoms. The molecule has 6 atom stereocenters. The van der Waals surface area contributed by atoms with Crippen molar-refractivity contribution in [3.63, 3.8) is 0 Å². The monoisotopic (exact) mass is 692 g/mol. The van der Waals surface area contributed by atoms with Crippen LogP contribution >= 0.6 is 11.8 Å². The molecule has 0 saturated heterocycles. The van der Waals surface area contributed by atoms with E-state index < -0.39 is 11.4 Å². The lowest BCUT2D eigenvalue weighted by atomic mass is 9.56. The molecule has 0 bridgehead atoms. The predicted octanol–water partition coefficient (Wildman–Crippen LogP) is 8.15. The van der Waals surface area contributed by atoms with Gasteiger partial charge in [0, 0.05) is 36.8 Å². The molecular weight excluding hydrogens is 637 g/mol. The van der Waals surface area contributed by atoms with Crippen molar-refractivity contribution in [1.82, 2.24) is 4.98 Å². The summed E-state index contributed by atoms with van der Waals surface area (Å²) >= 11 is 1.85. The number of hydrogen-bond donors (Lipinski definition) is 2. The average molecular weight is 693 g/mol. The molecule has 0 radical (unpaired) electrons. The van der Waals surface area contributed by atoms with Gasteiger partial charge in [-0.15, -0.1) is 6.58 Å². The van der Waals surface area contributed by atoms with Crippen LogP contribution in [0.3, 0.4) is 0 Å². The van der Waals surface area contributed by atoms with Crippen molar-refractivity contribution in [2.24, 2.45) is 22.9 Å². The van der Waals surface area contributed by atoms with E-state index in [1.165, 1.54) is 0 Å². The second kappa shape index (κ2) is 16.9. The van der Waals surface area contributed by atoms with Crippen LogP contribution < -0.4 is 9.47 Å². The molecule has 2 aromatic rings. The van der Waals surface area contributed by atoms with E-state index in [1.807, 2.05) is 75.9 Å². The maximum atomic E-state index is 9.81. The summed E-state index contributed by atoms with van der Waals surface area (Å²) in [6, 6.07) is 12.2. The molecule has 1 saturated carbocycles. The van der Waals surface area contributed by atoms with Crippen LogP contribution in [0.2, 0.25) is 0 Å². The quantitative estimate of drug-likeness (QED) is 0.0973. The molecule has 268 valence electrons. The summed E-state index contributed by atoms with van der Waals surface area (Å²) in [7, 11) is 0. The molecule has 9 heteroatoms. The fourth-order valence-corrected chi connectivity index (χ4v) is 8.97. The van der Waals surface area contributed by atoms with Gasteiger partial charge in [-0.05, 0) is 107 Å². The summed E-state index contributed by atoms with van der Waals surface area (Å²) in [6.07, 6.45) is 10.1. The van der Waals surface area contributed by atoms with Crippen molar-refractivity contribution in [2.45, 2.75) is 109 Å². The molecule has 3 aliphatic rings. The number of pyridine rings is 1. The molecule has 5 rings (SSSR count). The number of nitrogens with zero attached hydrogens (tertiary/aromatic N) is 2. The molecule has 0 amide bonds. The highest BCUT2D eigenvalue weighted by Crippen LogP contribution is 2.62. The van der Waals surface area contributed by atoms with Gasteiger partial charge >= 0.3 is 0 Å². The minimum Gasteiger partial charge on any atom is -0.487 e. The Bertz CT molecular complexity index is 1470. The van der Waals surface area contributed by atoms with Gasteiger partial charge in [0.05, 0.1) is 29.2 Å². The summed E-state index contributed by atoms with van der Waals surface area (Å²) in [5, 5.41) is 24.4. The number of hydrogen-bond acceptors (Lipinski definition) is 9. The number of aliphatic hydroxyl groups is 2. The average Bonchev–Trinajstić information content (AvgIpc) is 3.07. The minimum absolute atomic E-state index is 0.0344. The van der Waals surface area contributed by atoms with Crippen molar-refractivity contribution in [3.8, 4) is 11.5 Å². The van der Waals surface area contributed by atoms with Gasteiger partial charge < -0.3 is 29.3 Å². The lowest BCUT2D eigenvalue weighted by molar-refractivity contribution is -0.223. The van der Waals surface area contributed by atoms with Gasteiger partial charge in [-0.1, -0.05) is 43.1 Å². The first-order valence-corrected chi connectivity index (χ1v) is 19.1. The Morgan fingerprint density at radius 3 is 2.57 bits per heavy atom. The predicted molar refractivity (Wildman–Crippen MR) is 197 cm³/mol. The standard InChI is InChI=1S/C40H56N2O6S/c1-7-22-46-40-36(49-8-2)25-34(42-48-39(4,5)6)32-23-28(15-9-11-20-43)31(17-10-12-21-44)37(38(32)40)33-24-30(18-19-35(33)47-40)45-26-29-16-13-14-27(3)41-29/h7,13-14,16,18-19,23-24,28,31,36-38,43-44H,1,8-12,15,17,20-22,25-26H2,2-6H3. The Labute approximate surface area is 297 Å². The Morgan fingerprint density at radius 1 is 1.10 bits per heavy atom. The molecule has 1 aromatic carbocycles. The van der Waals surface area contributed by atoms with Crippen molar-refractivity contribution < 1.29 is 29.3 Å². The third-order valence-electron chi connectivity index (χ3n) is 9.75. The SMILES string of the molecule is C=CCOC12Oc3ccc(OCc4cccc(C)n4)cc3C3C(CCCCO)C(CCCCO)C=C(C(=NOC(C)(C)C)CC1SCC)C32.